The summed E-state index contributed by atoms with van der Waals surface area (Å²) < 4.78 is 18.0. The Hall–Kier alpha value is -2.97. The van der Waals surface area contributed by atoms with Crippen LogP contribution in [0.3, 0.4) is 0 Å². The molecule has 2 aliphatic rings. The van der Waals surface area contributed by atoms with Crippen molar-refractivity contribution in [3.63, 3.8) is 0 Å². The number of alkyl halides is 2. The summed E-state index contributed by atoms with van der Waals surface area (Å²) in [5.74, 6) is -3.68. The lowest BCUT2D eigenvalue weighted by Gasteiger charge is -2.28. The fourth-order valence-corrected chi connectivity index (χ4v) is 4.66. The summed E-state index contributed by atoms with van der Waals surface area (Å²) in [5.41, 5.74) is 0.662. The van der Waals surface area contributed by atoms with Crippen LogP contribution >= 0.6 is 23.2 Å². The van der Waals surface area contributed by atoms with Gasteiger partial charge in [-0.05, 0) is 55.3 Å². The third-order valence-corrected chi connectivity index (χ3v) is 6.81. The van der Waals surface area contributed by atoms with Crippen LogP contribution in [0.4, 0.5) is 15.8 Å². The monoisotopic (exact) mass is 492 g/mol. The van der Waals surface area contributed by atoms with Crippen molar-refractivity contribution in [3.8, 4) is 0 Å². The van der Waals surface area contributed by atoms with Crippen LogP contribution in [-0.2, 0) is 19.1 Å². The number of rotatable bonds is 5. The Balaban J connectivity index is 1.41. The van der Waals surface area contributed by atoms with Crippen molar-refractivity contribution in [1.82, 2.24) is 0 Å². The molecule has 3 amide bonds. The first kappa shape index (κ1) is 23.2. The average molecular weight is 493 g/mol. The molecule has 7 nitrogen and oxygen atoms in total. The van der Waals surface area contributed by atoms with Gasteiger partial charge in [0.05, 0.1) is 33.8 Å². The van der Waals surface area contributed by atoms with Crippen molar-refractivity contribution in [3.05, 3.63) is 59.9 Å². The molecule has 4 rings (SSSR count). The molecule has 0 aromatic heterocycles. The van der Waals surface area contributed by atoms with Gasteiger partial charge in [0, 0.05) is 5.69 Å². The molecule has 1 N–H and O–H groups in total. The van der Waals surface area contributed by atoms with E-state index < -0.39 is 46.9 Å². The van der Waals surface area contributed by atoms with Gasteiger partial charge < -0.3 is 10.1 Å². The van der Waals surface area contributed by atoms with Gasteiger partial charge in [-0.1, -0.05) is 6.07 Å². The molecule has 1 aliphatic heterocycles. The molecule has 4 atom stereocenters. The second-order valence-electron chi connectivity index (χ2n) is 7.91. The van der Waals surface area contributed by atoms with Crippen LogP contribution in [0.25, 0.3) is 0 Å². The van der Waals surface area contributed by atoms with E-state index in [1.54, 1.807) is 6.07 Å². The van der Waals surface area contributed by atoms with Crippen molar-refractivity contribution >= 4 is 58.3 Å². The molecule has 1 saturated carbocycles. The summed E-state index contributed by atoms with van der Waals surface area (Å²) >= 11 is 12.4. The summed E-state index contributed by atoms with van der Waals surface area (Å²) in [6, 6.07) is 11.0. The van der Waals surface area contributed by atoms with E-state index in [2.05, 4.69) is 5.32 Å². The SMILES string of the molecule is O=C(COC(=O)c1cccc(N2C(=O)[C@@H]3C[C@H](Cl)[C@@H](Cl)C[C@H]3C2=O)c1)Nc1ccc(F)cc1. The highest BCUT2D eigenvalue weighted by Crippen LogP contribution is 2.43. The van der Waals surface area contributed by atoms with Crippen LogP contribution in [0.5, 0.6) is 0 Å². The zero-order valence-electron chi connectivity index (χ0n) is 17.2. The lowest BCUT2D eigenvalue weighted by molar-refractivity contribution is -0.122. The largest absolute Gasteiger partial charge is 0.452 e. The van der Waals surface area contributed by atoms with Crippen molar-refractivity contribution in [2.75, 3.05) is 16.8 Å². The summed E-state index contributed by atoms with van der Waals surface area (Å²) in [7, 11) is 0. The van der Waals surface area contributed by atoms with Gasteiger partial charge in [0.15, 0.2) is 6.61 Å². The van der Waals surface area contributed by atoms with Gasteiger partial charge in [-0.2, -0.15) is 0 Å². The van der Waals surface area contributed by atoms with E-state index in [0.717, 1.165) is 4.90 Å². The zero-order valence-corrected chi connectivity index (χ0v) is 18.7. The topological polar surface area (TPSA) is 92.8 Å². The first-order chi connectivity index (χ1) is 15.7. The summed E-state index contributed by atoms with van der Waals surface area (Å²) in [5, 5.41) is 1.68. The van der Waals surface area contributed by atoms with Crippen LogP contribution in [0.1, 0.15) is 23.2 Å². The molecular formula is C23H19Cl2FN2O5. The predicted octanol–water partition coefficient (Wildman–Crippen LogP) is 3.74. The Labute approximate surface area is 198 Å². The van der Waals surface area contributed by atoms with Gasteiger partial charge in [0.2, 0.25) is 11.8 Å². The first-order valence-electron chi connectivity index (χ1n) is 10.2. The number of halogens is 3. The van der Waals surface area contributed by atoms with E-state index in [1.165, 1.54) is 42.5 Å². The number of esters is 1. The van der Waals surface area contributed by atoms with Crippen LogP contribution in [-0.4, -0.2) is 41.1 Å². The number of anilines is 2. The molecule has 1 heterocycles. The second-order valence-corrected chi connectivity index (χ2v) is 9.03. The van der Waals surface area contributed by atoms with E-state index in [-0.39, 0.29) is 23.1 Å². The van der Waals surface area contributed by atoms with Gasteiger partial charge in [0.25, 0.3) is 5.91 Å². The van der Waals surface area contributed by atoms with Gasteiger partial charge in [-0.3, -0.25) is 19.3 Å². The molecule has 0 unspecified atom stereocenters. The van der Waals surface area contributed by atoms with Crippen LogP contribution < -0.4 is 10.2 Å². The number of hydrogen-bond donors (Lipinski definition) is 1. The van der Waals surface area contributed by atoms with Crippen LogP contribution in [0.2, 0.25) is 0 Å². The highest BCUT2D eigenvalue weighted by atomic mass is 35.5. The molecule has 2 fully saturated rings. The van der Waals surface area contributed by atoms with Crippen LogP contribution in [0.15, 0.2) is 48.5 Å². The van der Waals surface area contributed by atoms with Crippen molar-refractivity contribution in [2.45, 2.75) is 23.6 Å². The lowest BCUT2D eigenvalue weighted by atomic mass is 9.80. The number of imide groups is 1. The Morgan fingerprint density at radius 1 is 1.00 bits per heavy atom. The molecule has 2 aromatic carbocycles. The number of fused-ring (bicyclic) bond motifs is 1. The van der Waals surface area contributed by atoms with Crippen molar-refractivity contribution < 1.29 is 28.3 Å². The normalized spacial score (nSPS) is 24.4. The maximum absolute atomic E-state index is 12.9. The van der Waals surface area contributed by atoms with Gasteiger partial charge in [-0.15, -0.1) is 23.2 Å². The molecule has 0 bridgehead atoms. The number of nitrogens with zero attached hydrogens (tertiary/aromatic N) is 1. The third kappa shape index (κ3) is 4.86. The minimum atomic E-state index is -0.802. The van der Waals surface area contributed by atoms with Gasteiger partial charge >= 0.3 is 5.97 Å². The molecule has 0 radical (unpaired) electrons. The minimum absolute atomic E-state index is 0.0722. The fourth-order valence-electron chi connectivity index (χ4n) is 4.07. The maximum atomic E-state index is 12.9. The maximum Gasteiger partial charge on any atom is 0.338 e. The quantitative estimate of drug-likeness (QED) is 0.389. The lowest BCUT2D eigenvalue weighted by Crippen LogP contribution is -2.34. The highest BCUT2D eigenvalue weighted by molar-refractivity contribution is 6.31. The fraction of sp³-hybridized carbons (Fsp3) is 0.304. The molecule has 33 heavy (non-hydrogen) atoms. The highest BCUT2D eigenvalue weighted by Gasteiger charge is 2.52. The summed E-state index contributed by atoms with van der Waals surface area (Å²) in [6.07, 6.45) is 0.624. The van der Waals surface area contributed by atoms with Gasteiger partial charge in [0.1, 0.15) is 5.82 Å². The predicted molar refractivity (Wildman–Crippen MR) is 120 cm³/mol. The number of ether oxygens (including phenoxy) is 1. The Kier molecular flexibility index (Phi) is 6.67. The summed E-state index contributed by atoms with van der Waals surface area (Å²) in [6.45, 7) is -0.569. The van der Waals surface area contributed by atoms with Crippen LogP contribution in [0, 0.1) is 17.7 Å². The molecule has 0 spiro atoms. The van der Waals surface area contributed by atoms with Crippen molar-refractivity contribution in [2.24, 2.45) is 11.8 Å². The van der Waals surface area contributed by atoms with E-state index in [4.69, 9.17) is 27.9 Å². The molecule has 1 saturated heterocycles. The van der Waals surface area contributed by atoms with Crippen molar-refractivity contribution in [1.29, 1.82) is 0 Å². The number of carbonyl (C=O) groups excluding carboxylic acids is 4. The smallest absolute Gasteiger partial charge is 0.338 e. The van der Waals surface area contributed by atoms with E-state index in [1.807, 2.05) is 0 Å². The number of amides is 3. The van der Waals surface area contributed by atoms with E-state index >= 15 is 0 Å². The van der Waals surface area contributed by atoms with Gasteiger partial charge in [-0.25, -0.2) is 9.18 Å². The third-order valence-electron chi connectivity index (χ3n) is 5.71. The Morgan fingerprint density at radius 2 is 1.61 bits per heavy atom. The summed E-state index contributed by atoms with van der Waals surface area (Å²) in [4.78, 5) is 51.3. The first-order valence-corrected chi connectivity index (χ1v) is 11.1. The second kappa shape index (κ2) is 9.49. The molecule has 1 aliphatic carbocycles. The molecule has 2 aromatic rings. The standard InChI is InChI=1S/C23H19Cl2FN2O5/c24-18-9-16-17(10-19(18)25)22(31)28(21(16)30)15-3-1-2-12(8-15)23(32)33-11-20(29)27-14-6-4-13(26)5-7-14/h1-8,16-19H,9-11H2,(H,27,29)/t16-,17-,18+,19+/m1/s1. The molecule has 10 heteroatoms. The number of benzene rings is 2. The number of carbonyl (C=O) groups is 4. The van der Waals surface area contributed by atoms with E-state index in [9.17, 15) is 23.6 Å². The Morgan fingerprint density at radius 3 is 2.21 bits per heavy atom. The Bertz CT molecular complexity index is 1080. The van der Waals surface area contributed by atoms with E-state index in [0.29, 0.717) is 18.5 Å². The average Bonchev–Trinajstić information content (AvgIpc) is 3.03. The number of hydrogen-bond acceptors (Lipinski definition) is 5. The minimum Gasteiger partial charge on any atom is -0.452 e. The number of nitrogens with one attached hydrogen (secondary N) is 1. The molecular weight excluding hydrogens is 474 g/mol. The zero-order chi connectivity index (χ0) is 23.7. The molecule has 172 valence electrons.